The number of hydrogen-bond acceptors (Lipinski definition) is 6. The first kappa shape index (κ1) is 14.3. The van der Waals surface area contributed by atoms with E-state index in [1.54, 1.807) is 19.5 Å². The van der Waals surface area contributed by atoms with Crippen molar-refractivity contribution in [2.75, 3.05) is 7.11 Å². The second-order valence-electron chi connectivity index (χ2n) is 5.41. The molecule has 3 aromatic heterocycles. The molecule has 0 atom stereocenters. The lowest BCUT2D eigenvalue weighted by Crippen LogP contribution is -1.94. The highest BCUT2D eigenvalue weighted by Gasteiger charge is 2.17. The van der Waals surface area contributed by atoms with Gasteiger partial charge in [-0.15, -0.1) is 0 Å². The maximum Gasteiger partial charge on any atom is 0.259 e. The number of rotatable bonds is 3. The third-order valence-corrected chi connectivity index (χ3v) is 3.71. The van der Waals surface area contributed by atoms with Crippen LogP contribution in [-0.2, 0) is 0 Å². The minimum absolute atomic E-state index is 0.407. The molecule has 0 amide bonds. The Morgan fingerprint density at radius 3 is 2.79 bits per heavy atom. The summed E-state index contributed by atoms with van der Waals surface area (Å²) in [6, 6.07) is 11.7. The fraction of sp³-hybridized carbons (Fsp3) is 0.111. The summed E-state index contributed by atoms with van der Waals surface area (Å²) in [6.07, 6.45) is 3.37. The van der Waals surface area contributed by atoms with Crippen molar-refractivity contribution < 1.29 is 9.26 Å². The molecule has 0 unspecified atom stereocenters. The van der Waals surface area contributed by atoms with Gasteiger partial charge in [-0.2, -0.15) is 4.98 Å². The van der Waals surface area contributed by atoms with E-state index in [2.05, 4.69) is 20.1 Å². The predicted octanol–water partition coefficient (Wildman–Crippen LogP) is 3.66. The number of nitrogens with zero attached hydrogens (tertiary/aromatic N) is 4. The third kappa shape index (κ3) is 2.48. The van der Waals surface area contributed by atoms with Crippen LogP contribution in [0.5, 0.6) is 5.88 Å². The average Bonchev–Trinajstić information content (AvgIpc) is 3.11. The van der Waals surface area contributed by atoms with Crippen molar-refractivity contribution in [3.63, 3.8) is 0 Å². The Balaban J connectivity index is 1.84. The van der Waals surface area contributed by atoms with Gasteiger partial charge < -0.3 is 9.26 Å². The minimum Gasteiger partial charge on any atom is -0.480 e. The molecule has 0 aliphatic heterocycles. The molecule has 6 nitrogen and oxygen atoms in total. The van der Waals surface area contributed by atoms with Crippen LogP contribution in [0.4, 0.5) is 0 Å². The largest absolute Gasteiger partial charge is 0.480 e. The Morgan fingerprint density at radius 1 is 1.08 bits per heavy atom. The normalized spacial score (nSPS) is 10.9. The first-order chi connectivity index (χ1) is 11.7. The van der Waals surface area contributed by atoms with Gasteiger partial charge in [-0.3, -0.25) is 4.98 Å². The van der Waals surface area contributed by atoms with Gasteiger partial charge in [0.15, 0.2) is 0 Å². The summed E-state index contributed by atoms with van der Waals surface area (Å²) in [5.74, 6) is 1.30. The summed E-state index contributed by atoms with van der Waals surface area (Å²) < 4.78 is 10.8. The van der Waals surface area contributed by atoms with E-state index in [9.17, 15) is 0 Å². The van der Waals surface area contributed by atoms with Gasteiger partial charge in [0, 0.05) is 17.8 Å². The molecule has 4 rings (SSSR count). The first-order valence-electron chi connectivity index (χ1n) is 7.44. The van der Waals surface area contributed by atoms with Gasteiger partial charge in [0.1, 0.15) is 0 Å². The number of pyridine rings is 2. The Bertz CT molecular complexity index is 1010. The highest BCUT2D eigenvalue weighted by atomic mass is 16.5. The van der Waals surface area contributed by atoms with Crippen molar-refractivity contribution in [1.82, 2.24) is 20.1 Å². The van der Waals surface area contributed by atoms with Crippen LogP contribution in [0.1, 0.15) is 5.56 Å². The summed E-state index contributed by atoms with van der Waals surface area (Å²) in [6.45, 7) is 2.03. The van der Waals surface area contributed by atoms with Gasteiger partial charge in [0.2, 0.25) is 11.7 Å². The van der Waals surface area contributed by atoms with Crippen molar-refractivity contribution in [3.8, 4) is 28.7 Å². The Kier molecular flexibility index (Phi) is 3.42. The van der Waals surface area contributed by atoms with Crippen LogP contribution in [0.3, 0.4) is 0 Å². The Labute approximate surface area is 138 Å². The second-order valence-corrected chi connectivity index (χ2v) is 5.41. The zero-order valence-electron chi connectivity index (χ0n) is 13.2. The molecule has 0 saturated carbocycles. The maximum absolute atomic E-state index is 5.42. The van der Waals surface area contributed by atoms with Gasteiger partial charge >= 0.3 is 0 Å². The van der Waals surface area contributed by atoms with E-state index < -0.39 is 0 Å². The fourth-order valence-corrected chi connectivity index (χ4v) is 2.51. The number of methoxy groups -OCH3 is 1. The Hall–Kier alpha value is -3.28. The van der Waals surface area contributed by atoms with E-state index in [4.69, 9.17) is 9.26 Å². The molecular weight excluding hydrogens is 304 g/mol. The molecule has 0 bridgehead atoms. The van der Waals surface area contributed by atoms with Crippen LogP contribution >= 0.6 is 0 Å². The molecule has 0 spiro atoms. The smallest absolute Gasteiger partial charge is 0.259 e. The molecule has 24 heavy (non-hydrogen) atoms. The molecule has 1 aromatic carbocycles. The molecule has 0 aliphatic rings. The number of aromatic nitrogens is 4. The quantitative estimate of drug-likeness (QED) is 0.574. The van der Waals surface area contributed by atoms with Crippen LogP contribution in [0.15, 0.2) is 53.3 Å². The summed E-state index contributed by atoms with van der Waals surface area (Å²) in [7, 11) is 1.58. The van der Waals surface area contributed by atoms with E-state index in [0.717, 1.165) is 22.0 Å². The molecule has 118 valence electrons. The van der Waals surface area contributed by atoms with E-state index in [0.29, 0.717) is 23.2 Å². The standard InChI is InChI=1S/C18H14N4O2/c1-11-5-6-12-9-14(18(23-2)20-15(12)8-11)16-21-17(24-22-16)13-4-3-7-19-10-13/h3-10H,1-2H3. The van der Waals surface area contributed by atoms with Gasteiger partial charge in [0.25, 0.3) is 5.89 Å². The average molecular weight is 318 g/mol. The van der Waals surface area contributed by atoms with Crippen LogP contribution in [0.2, 0.25) is 0 Å². The zero-order chi connectivity index (χ0) is 16.5. The van der Waals surface area contributed by atoms with E-state index >= 15 is 0 Å². The summed E-state index contributed by atoms with van der Waals surface area (Å²) in [4.78, 5) is 13.1. The van der Waals surface area contributed by atoms with Crippen LogP contribution in [0, 0.1) is 6.92 Å². The molecule has 0 fully saturated rings. The lowest BCUT2D eigenvalue weighted by Gasteiger charge is -2.07. The number of benzene rings is 1. The fourth-order valence-electron chi connectivity index (χ4n) is 2.51. The van der Waals surface area contributed by atoms with Crippen molar-refractivity contribution in [2.24, 2.45) is 0 Å². The van der Waals surface area contributed by atoms with Crippen LogP contribution in [0.25, 0.3) is 33.7 Å². The molecule has 0 N–H and O–H groups in total. The SMILES string of the molecule is COc1nc2cc(C)ccc2cc1-c1noc(-c2cccnc2)n1. The van der Waals surface area contributed by atoms with E-state index in [1.165, 1.54) is 0 Å². The molecule has 0 aliphatic carbocycles. The molecule has 6 heteroatoms. The lowest BCUT2D eigenvalue weighted by molar-refractivity contribution is 0.399. The topological polar surface area (TPSA) is 73.9 Å². The number of ether oxygens (including phenoxy) is 1. The second kappa shape index (κ2) is 5.73. The number of fused-ring (bicyclic) bond motifs is 1. The third-order valence-electron chi connectivity index (χ3n) is 3.71. The molecule has 4 aromatic rings. The minimum atomic E-state index is 0.407. The summed E-state index contributed by atoms with van der Waals surface area (Å²) in [5, 5.41) is 5.05. The molecule has 0 saturated heterocycles. The van der Waals surface area contributed by atoms with Crippen molar-refractivity contribution in [2.45, 2.75) is 6.92 Å². The predicted molar refractivity (Wildman–Crippen MR) is 89.6 cm³/mol. The van der Waals surface area contributed by atoms with Gasteiger partial charge in [-0.05, 0) is 36.8 Å². The van der Waals surface area contributed by atoms with Gasteiger partial charge in [-0.1, -0.05) is 17.3 Å². The van der Waals surface area contributed by atoms with Gasteiger partial charge in [-0.25, -0.2) is 4.98 Å². The van der Waals surface area contributed by atoms with Crippen molar-refractivity contribution in [3.05, 3.63) is 54.4 Å². The summed E-state index contributed by atoms with van der Waals surface area (Å²) >= 11 is 0. The van der Waals surface area contributed by atoms with E-state index in [1.807, 2.05) is 43.3 Å². The molecule has 3 heterocycles. The summed E-state index contributed by atoms with van der Waals surface area (Å²) in [5.41, 5.74) is 3.46. The monoisotopic (exact) mass is 318 g/mol. The van der Waals surface area contributed by atoms with Gasteiger partial charge in [0.05, 0.1) is 23.8 Å². The highest BCUT2D eigenvalue weighted by Crippen LogP contribution is 2.31. The van der Waals surface area contributed by atoms with Crippen molar-refractivity contribution >= 4 is 10.9 Å². The maximum atomic E-state index is 5.42. The highest BCUT2D eigenvalue weighted by molar-refractivity contribution is 5.85. The first-order valence-corrected chi connectivity index (χ1v) is 7.44. The molecular formula is C18H14N4O2. The zero-order valence-corrected chi connectivity index (χ0v) is 13.2. The Morgan fingerprint density at radius 2 is 2.00 bits per heavy atom. The van der Waals surface area contributed by atoms with Crippen LogP contribution < -0.4 is 4.74 Å². The number of hydrogen-bond donors (Lipinski definition) is 0. The van der Waals surface area contributed by atoms with Crippen molar-refractivity contribution in [1.29, 1.82) is 0 Å². The van der Waals surface area contributed by atoms with E-state index in [-0.39, 0.29) is 0 Å². The lowest BCUT2D eigenvalue weighted by atomic mass is 10.1. The van der Waals surface area contributed by atoms with Crippen LogP contribution in [-0.4, -0.2) is 27.2 Å². The number of aryl methyl sites for hydroxylation is 1. The molecule has 0 radical (unpaired) electrons.